The van der Waals surface area contributed by atoms with Crippen LogP contribution in [0.15, 0.2) is 6.20 Å². The van der Waals surface area contributed by atoms with E-state index in [1.807, 2.05) is 6.92 Å². The minimum absolute atomic E-state index is 0.0934. The zero-order valence-corrected chi connectivity index (χ0v) is 15.8. The first-order chi connectivity index (χ1) is 12.8. The molecule has 146 valence electrons. The zero-order chi connectivity index (χ0) is 19.2. The first-order valence-corrected chi connectivity index (χ1v) is 9.99. The summed E-state index contributed by atoms with van der Waals surface area (Å²) in [6, 6.07) is 0. The van der Waals surface area contributed by atoms with Crippen molar-refractivity contribution in [2.75, 3.05) is 6.54 Å². The first-order valence-electron chi connectivity index (χ1n) is 9.17. The summed E-state index contributed by atoms with van der Waals surface area (Å²) in [6.45, 7) is 2.72. The fourth-order valence-corrected chi connectivity index (χ4v) is 4.55. The summed E-state index contributed by atoms with van der Waals surface area (Å²) in [5.74, 6) is 1.14. The number of aryl methyl sites for hydroxylation is 2. The summed E-state index contributed by atoms with van der Waals surface area (Å²) in [5.41, 5.74) is -0.0887. The lowest BCUT2D eigenvalue weighted by Crippen LogP contribution is -2.33. The number of imidazole rings is 1. The number of halogens is 3. The standard InChI is InChI=1S/C18H21F3N4OS/c1-10-16(27-15(23-10)6-11-2-3-11)17(26)22-7-12-4-5-14-24-13(18(19,20)21)9-25(14)8-12/h9,11-12H,2-8H2,1H3,(H,22,26). The molecule has 1 fully saturated rings. The van der Waals surface area contributed by atoms with Crippen molar-refractivity contribution in [3.63, 3.8) is 0 Å². The van der Waals surface area contributed by atoms with Crippen LogP contribution in [0, 0.1) is 18.8 Å². The van der Waals surface area contributed by atoms with E-state index in [0.29, 0.717) is 36.6 Å². The van der Waals surface area contributed by atoms with Gasteiger partial charge in [-0.3, -0.25) is 4.79 Å². The molecule has 4 rings (SSSR count). The Bertz CT molecular complexity index is 853. The van der Waals surface area contributed by atoms with Crippen molar-refractivity contribution in [3.8, 4) is 0 Å². The fraction of sp³-hybridized carbons (Fsp3) is 0.611. The van der Waals surface area contributed by atoms with Crippen molar-refractivity contribution >= 4 is 17.2 Å². The number of fused-ring (bicyclic) bond motifs is 1. The third-order valence-corrected chi connectivity index (χ3v) is 6.32. The summed E-state index contributed by atoms with van der Waals surface area (Å²) in [5, 5.41) is 3.95. The Balaban J connectivity index is 1.34. The Kier molecular flexibility index (Phi) is 4.73. The summed E-state index contributed by atoms with van der Waals surface area (Å²) in [7, 11) is 0. The van der Waals surface area contributed by atoms with E-state index < -0.39 is 11.9 Å². The Morgan fingerprint density at radius 3 is 2.78 bits per heavy atom. The molecule has 1 aliphatic carbocycles. The van der Waals surface area contributed by atoms with Crippen molar-refractivity contribution in [2.45, 2.75) is 51.7 Å². The number of rotatable bonds is 5. The molecule has 1 aliphatic heterocycles. The van der Waals surface area contributed by atoms with E-state index in [1.165, 1.54) is 24.2 Å². The maximum Gasteiger partial charge on any atom is 0.434 e. The maximum absolute atomic E-state index is 12.8. The van der Waals surface area contributed by atoms with Gasteiger partial charge in [-0.25, -0.2) is 9.97 Å². The smallest absolute Gasteiger partial charge is 0.351 e. The highest BCUT2D eigenvalue weighted by Gasteiger charge is 2.35. The van der Waals surface area contributed by atoms with Crippen molar-refractivity contribution in [1.29, 1.82) is 0 Å². The van der Waals surface area contributed by atoms with Crippen LogP contribution >= 0.6 is 11.3 Å². The number of carbonyl (C=O) groups excluding carboxylic acids is 1. The number of hydrogen-bond donors (Lipinski definition) is 1. The van der Waals surface area contributed by atoms with Crippen LogP contribution < -0.4 is 5.32 Å². The van der Waals surface area contributed by atoms with E-state index in [0.717, 1.165) is 29.2 Å². The molecule has 0 saturated heterocycles. The molecule has 3 heterocycles. The third-order valence-electron chi connectivity index (χ3n) is 5.14. The van der Waals surface area contributed by atoms with Crippen LogP contribution in [0.3, 0.4) is 0 Å². The molecule has 27 heavy (non-hydrogen) atoms. The second-order valence-electron chi connectivity index (χ2n) is 7.48. The minimum atomic E-state index is -4.42. The van der Waals surface area contributed by atoms with E-state index in [2.05, 4.69) is 15.3 Å². The average molecular weight is 398 g/mol. The molecule has 0 radical (unpaired) electrons. The molecule has 1 amide bonds. The topological polar surface area (TPSA) is 59.8 Å². The number of carbonyl (C=O) groups is 1. The molecule has 1 saturated carbocycles. The van der Waals surface area contributed by atoms with Crippen LogP contribution in [-0.2, 0) is 25.6 Å². The second-order valence-corrected chi connectivity index (χ2v) is 8.56. The Hall–Kier alpha value is -1.90. The van der Waals surface area contributed by atoms with Crippen LogP contribution in [-0.4, -0.2) is 27.0 Å². The van der Waals surface area contributed by atoms with Crippen LogP contribution in [0.5, 0.6) is 0 Å². The summed E-state index contributed by atoms with van der Waals surface area (Å²) in [6.07, 6.45) is 1.29. The van der Waals surface area contributed by atoms with E-state index in [4.69, 9.17) is 0 Å². The van der Waals surface area contributed by atoms with Gasteiger partial charge in [0.05, 0.1) is 10.7 Å². The number of nitrogens with zero attached hydrogens (tertiary/aromatic N) is 3. The highest BCUT2D eigenvalue weighted by atomic mass is 32.1. The summed E-state index contributed by atoms with van der Waals surface area (Å²) in [4.78, 5) is 21.3. The Labute approximate surface area is 159 Å². The Morgan fingerprint density at radius 2 is 2.07 bits per heavy atom. The third kappa shape index (κ3) is 4.17. The number of hydrogen-bond acceptors (Lipinski definition) is 4. The van der Waals surface area contributed by atoms with Gasteiger partial charge >= 0.3 is 6.18 Å². The number of amides is 1. The predicted molar refractivity (Wildman–Crippen MR) is 94.7 cm³/mol. The summed E-state index contributed by atoms with van der Waals surface area (Å²) < 4.78 is 40.0. The van der Waals surface area contributed by atoms with Gasteiger partial charge in [0.2, 0.25) is 0 Å². The number of alkyl halides is 3. The highest BCUT2D eigenvalue weighted by molar-refractivity contribution is 7.13. The van der Waals surface area contributed by atoms with Crippen molar-refractivity contribution < 1.29 is 18.0 Å². The molecule has 9 heteroatoms. The molecule has 2 aromatic heterocycles. The summed E-state index contributed by atoms with van der Waals surface area (Å²) >= 11 is 1.45. The molecule has 1 atom stereocenters. The fourth-order valence-electron chi connectivity index (χ4n) is 3.45. The molecule has 2 aliphatic rings. The normalized spacial score (nSPS) is 19.8. The largest absolute Gasteiger partial charge is 0.434 e. The predicted octanol–water partition coefficient (Wildman–Crippen LogP) is 3.61. The van der Waals surface area contributed by atoms with E-state index >= 15 is 0 Å². The molecular formula is C18H21F3N4OS. The van der Waals surface area contributed by atoms with Crippen LogP contribution in [0.25, 0.3) is 0 Å². The van der Waals surface area contributed by atoms with Gasteiger partial charge in [-0.05, 0) is 38.0 Å². The number of aromatic nitrogens is 3. The lowest BCUT2D eigenvalue weighted by atomic mass is 9.99. The van der Waals surface area contributed by atoms with Gasteiger partial charge < -0.3 is 9.88 Å². The van der Waals surface area contributed by atoms with E-state index in [1.54, 1.807) is 4.57 Å². The number of nitrogens with one attached hydrogen (secondary N) is 1. The molecule has 1 unspecified atom stereocenters. The van der Waals surface area contributed by atoms with Crippen molar-refractivity contribution in [1.82, 2.24) is 19.9 Å². The van der Waals surface area contributed by atoms with Gasteiger partial charge in [0, 0.05) is 32.1 Å². The van der Waals surface area contributed by atoms with Crippen LogP contribution in [0.4, 0.5) is 13.2 Å². The SMILES string of the molecule is Cc1nc(CC2CC2)sc1C(=O)NCC1CCc2nc(C(F)(F)F)cn2C1. The molecule has 2 aromatic rings. The monoisotopic (exact) mass is 398 g/mol. The zero-order valence-electron chi connectivity index (χ0n) is 15.0. The lowest BCUT2D eigenvalue weighted by Gasteiger charge is -2.23. The van der Waals surface area contributed by atoms with Crippen LogP contribution in [0.1, 0.15) is 51.2 Å². The van der Waals surface area contributed by atoms with Gasteiger partial charge in [0.15, 0.2) is 5.69 Å². The van der Waals surface area contributed by atoms with Crippen LogP contribution in [0.2, 0.25) is 0 Å². The molecule has 1 N–H and O–H groups in total. The molecular weight excluding hydrogens is 377 g/mol. The maximum atomic E-state index is 12.8. The molecule has 5 nitrogen and oxygen atoms in total. The quantitative estimate of drug-likeness (QED) is 0.837. The Morgan fingerprint density at radius 1 is 1.30 bits per heavy atom. The van der Waals surface area contributed by atoms with E-state index in [-0.39, 0.29) is 11.8 Å². The average Bonchev–Trinajstić information content (AvgIpc) is 3.17. The van der Waals surface area contributed by atoms with Gasteiger partial charge in [-0.15, -0.1) is 11.3 Å². The number of thiazole rings is 1. The van der Waals surface area contributed by atoms with Gasteiger partial charge in [0.25, 0.3) is 5.91 Å². The van der Waals surface area contributed by atoms with Gasteiger partial charge in [-0.2, -0.15) is 13.2 Å². The molecule has 0 bridgehead atoms. The van der Waals surface area contributed by atoms with Gasteiger partial charge in [0.1, 0.15) is 10.7 Å². The molecule has 0 spiro atoms. The highest BCUT2D eigenvalue weighted by Crippen LogP contribution is 2.34. The second kappa shape index (κ2) is 6.92. The van der Waals surface area contributed by atoms with Gasteiger partial charge in [-0.1, -0.05) is 0 Å². The first kappa shape index (κ1) is 18.5. The van der Waals surface area contributed by atoms with Crippen molar-refractivity contribution in [2.24, 2.45) is 11.8 Å². The molecule has 0 aromatic carbocycles. The lowest BCUT2D eigenvalue weighted by molar-refractivity contribution is -0.141. The minimum Gasteiger partial charge on any atom is -0.351 e. The van der Waals surface area contributed by atoms with Crippen molar-refractivity contribution in [3.05, 3.63) is 33.3 Å². The van der Waals surface area contributed by atoms with E-state index in [9.17, 15) is 18.0 Å².